The van der Waals surface area contributed by atoms with E-state index in [0.717, 1.165) is 31.0 Å². The SMILES string of the molecule is O=C1CC(COc2cnccn2)CN1CC1CCN(C(=O)Nc2cc(F)ccc2F)CC1. The van der Waals surface area contributed by atoms with E-state index in [-0.39, 0.29) is 23.4 Å². The third kappa shape index (κ3) is 5.49. The molecule has 3 amide bonds. The van der Waals surface area contributed by atoms with Gasteiger partial charge < -0.3 is 19.9 Å². The number of hydrogen-bond donors (Lipinski definition) is 1. The molecule has 2 aliphatic heterocycles. The smallest absolute Gasteiger partial charge is 0.321 e. The average Bonchev–Trinajstić information content (AvgIpc) is 3.15. The van der Waals surface area contributed by atoms with Gasteiger partial charge in [-0.15, -0.1) is 0 Å². The number of ether oxygens (including phenoxy) is 1. The van der Waals surface area contributed by atoms with Crippen LogP contribution in [0.5, 0.6) is 5.88 Å². The van der Waals surface area contributed by atoms with E-state index < -0.39 is 17.7 Å². The zero-order valence-corrected chi connectivity index (χ0v) is 17.5. The van der Waals surface area contributed by atoms with E-state index in [2.05, 4.69) is 15.3 Å². The van der Waals surface area contributed by atoms with E-state index >= 15 is 0 Å². The molecule has 0 aliphatic carbocycles. The first-order valence-corrected chi connectivity index (χ1v) is 10.7. The minimum atomic E-state index is -0.681. The van der Waals surface area contributed by atoms with Gasteiger partial charge in [-0.2, -0.15) is 0 Å². The van der Waals surface area contributed by atoms with Crippen LogP contribution in [0.3, 0.4) is 0 Å². The molecule has 0 spiro atoms. The summed E-state index contributed by atoms with van der Waals surface area (Å²) in [4.78, 5) is 36.3. The van der Waals surface area contributed by atoms with E-state index in [1.54, 1.807) is 23.5 Å². The lowest BCUT2D eigenvalue weighted by molar-refractivity contribution is -0.128. The largest absolute Gasteiger partial charge is 0.476 e. The van der Waals surface area contributed by atoms with Crippen molar-refractivity contribution in [1.82, 2.24) is 19.8 Å². The monoisotopic (exact) mass is 445 g/mol. The van der Waals surface area contributed by atoms with Crippen LogP contribution >= 0.6 is 0 Å². The van der Waals surface area contributed by atoms with Gasteiger partial charge in [0.1, 0.15) is 11.6 Å². The predicted molar refractivity (Wildman–Crippen MR) is 112 cm³/mol. The summed E-state index contributed by atoms with van der Waals surface area (Å²) in [5.41, 5.74) is -0.172. The molecule has 2 aliphatic rings. The number of likely N-dealkylation sites (tertiary alicyclic amines) is 2. The fraction of sp³-hybridized carbons (Fsp3) is 0.455. The highest BCUT2D eigenvalue weighted by Gasteiger charge is 2.33. The van der Waals surface area contributed by atoms with E-state index in [1.807, 2.05) is 4.90 Å². The van der Waals surface area contributed by atoms with Crippen molar-refractivity contribution in [2.24, 2.45) is 11.8 Å². The molecule has 0 bridgehead atoms. The Morgan fingerprint density at radius 3 is 2.75 bits per heavy atom. The van der Waals surface area contributed by atoms with Gasteiger partial charge in [-0.05, 0) is 30.9 Å². The third-order valence-electron chi connectivity index (χ3n) is 5.85. The van der Waals surface area contributed by atoms with Crippen LogP contribution in [0.4, 0.5) is 19.3 Å². The maximum Gasteiger partial charge on any atom is 0.321 e. The Labute approximate surface area is 184 Å². The molecule has 170 valence electrons. The molecule has 1 atom stereocenters. The Kier molecular flexibility index (Phi) is 6.77. The number of benzene rings is 1. The maximum atomic E-state index is 13.8. The number of aromatic nitrogens is 2. The number of nitrogens with zero attached hydrogens (tertiary/aromatic N) is 4. The lowest BCUT2D eigenvalue weighted by Gasteiger charge is -2.34. The number of halogens is 2. The molecule has 4 rings (SSSR count). The van der Waals surface area contributed by atoms with E-state index in [9.17, 15) is 18.4 Å². The quantitative estimate of drug-likeness (QED) is 0.739. The fourth-order valence-electron chi connectivity index (χ4n) is 4.12. The molecule has 10 heteroatoms. The molecule has 1 unspecified atom stereocenters. The fourth-order valence-corrected chi connectivity index (χ4v) is 4.12. The summed E-state index contributed by atoms with van der Waals surface area (Å²) >= 11 is 0. The van der Waals surface area contributed by atoms with Crippen molar-refractivity contribution < 1.29 is 23.1 Å². The topological polar surface area (TPSA) is 87.7 Å². The van der Waals surface area contributed by atoms with Crippen LogP contribution < -0.4 is 10.1 Å². The molecule has 2 fully saturated rings. The maximum absolute atomic E-state index is 13.8. The van der Waals surface area contributed by atoms with Crippen molar-refractivity contribution in [2.45, 2.75) is 19.3 Å². The van der Waals surface area contributed by atoms with Crippen molar-refractivity contribution in [3.63, 3.8) is 0 Å². The molecule has 0 radical (unpaired) electrons. The van der Waals surface area contributed by atoms with Gasteiger partial charge in [0.15, 0.2) is 0 Å². The summed E-state index contributed by atoms with van der Waals surface area (Å²) in [6.45, 7) is 2.69. The summed E-state index contributed by atoms with van der Waals surface area (Å²) in [7, 11) is 0. The highest BCUT2D eigenvalue weighted by atomic mass is 19.1. The number of rotatable bonds is 6. The predicted octanol–water partition coefficient (Wildman–Crippen LogP) is 2.93. The molecule has 1 N–H and O–H groups in total. The Morgan fingerprint density at radius 2 is 2.00 bits per heavy atom. The minimum Gasteiger partial charge on any atom is -0.476 e. The van der Waals surface area contributed by atoms with Crippen LogP contribution in [0.2, 0.25) is 0 Å². The number of urea groups is 1. The van der Waals surface area contributed by atoms with Crippen LogP contribution in [0.25, 0.3) is 0 Å². The molecular weight excluding hydrogens is 420 g/mol. The number of nitrogens with one attached hydrogen (secondary N) is 1. The summed E-state index contributed by atoms with van der Waals surface area (Å²) in [6.07, 6.45) is 6.60. The zero-order valence-electron chi connectivity index (χ0n) is 17.5. The van der Waals surface area contributed by atoms with Gasteiger partial charge in [0.05, 0.1) is 18.5 Å². The van der Waals surface area contributed by atoms with Gasteiger partial charge in [0, 0.05) is 57.0 Å². The summed E-state index contributed by atoms with van der Waals surface area (Å²) in [5.74, 6) is -0.345. The van der Waals surface area contributed by atoms with E-state index in [0.29, 0.717) is 45.1 Å². The van der Waals surface area contributed by atoms with Crippen molar-refractivity contribution in [2.75, 3.05) is 38.1 Å². The first kappa shape index (κ1) is 21.9. The number of amides is 3. The second-order valence-corrected chi connectivity index (χ2v) is 8.21. The Morgan fingerprint density at radius 1 is 1.19 bits per heavy atom. The Balaban J connectivity index is 1.21. The molecule has 1 aromatic carbocycles. The standard InChI is InChI=1S/C22H25F2N5O3/c23-17-1-2-18(24)19(10-17)27-22(31)28-7-3-15(4-8-28)12-29-13-16(9-21(29)30)14-32-20-11-25-5-6-26-20/h1-2,5-6,10-11,15-16H,3-4,7-9,12-14H2,(H,27,31). The molecule has 32 heavy (non-hydrogen) atoms. The van der Waals surface area contributed by atoms with Gasteiger partial charge in [0.25, 0.3) is 0 Å². The van der Waals surface area contributed by atoms with Gasteiger partial charge in [0.2, 0.25) is 11.8 Å². The summed E-state index contributed by atoms with van der Waals surface area (Å²) in [6, 6.07) is 2.49. The Bertz CT molecular complexity index is 954. The second-order valence-electron chi connectivity index (χ2n) is 8.21. The Hall–Kier alpha value is -3.30. The van der Waals surface area contributed by atoms with E-state index in [4.69, 9.17) is 4.74 Å². The highest BCUT2D eigenvalue weighted by Crippen LogP contribution is 2.25. The van der Waals surface area contributed by atoms with Gasteiger partial charge in [-0.3, -0.25) is 9.78 Å². The average molecular weight is 445 g/mol. The highest BCUT2D eigenvalue weighted by molar-refractivity contribution is 5.89. The second kappa shape index (κ2) is 9.88. The van der Waals surface area contributed by atoms with Gasteiger partial charge in [-0.1, -0.05) is 0 Å². The lowest BCUT2D eigenvalue weighted by Crippen LogP contribution is -2.43. The van der Waals surface area contributed by atoms with Gasteiger partial charge >= 0.3 is 6.03 Å². The summed E-state index contributed by atoms with van der Waals surface area (Å²) in [5, 5.41) is 2.43. The van der Waals surface area contributed by atoms with E-state index in [1.165, 1.54) is 0 Å². The third-order valence-corrected chi connectivity index (χ3v) is 5.85. The van der Waals surface area contributed by atoms with Crippen molar-refractivity contribution in [3.8, 4) is 5.88 Å². The molecule has 0 saturated carbocycles. The van der Waals surface area contributed by atoms with Crippen molar-refractivity contribution >= 4 is 17.6 Å². The molecule has 3 heterocycles. The number of carbonyl (C=O) groups is 2. The van der Waals surface area contributed by atoms with Crippen LogP contribution in [0, 0.1) is 23.5 Å². The number of hydrogen-bond acceptors (Lipinski definition) is 5. The van der Waals surface area contributed by atoms with Crippen molar-refractivity contribution in [3.05, 3.63) is 48.4 Å². The molecule has 1 aromatic heterocycles. The van der Waals surface area contributed by atoms with Crippen LogP contribution in [-0.4, -0.2) is 64.5 Å². The number of anilines is 1. The summed E-state index contributed by atoms with van der Waals surface area (Å²) < 4.78 is 32.7. The lowest BCUT2D eigenvalue weighted by atomic mass is 9.96. The number of piperidine rings is 1. The van der Waals surface area contributed by atoms with Crippen molar-refractivity contribution in [1.29, 1.82) is 0 Å². The molecular formula is C22H25F2N5O3. The van der Waals surface area contributed by atoms with Crippen LogP contribution in [-0.2, 0) is 4.79 Å². The first-order chi connectivity index (χ1) is 15.5. The normalized spacial score (nSPS) is 19.3. The zero-order chi connectivity index (χ0) is 22.5. The van der Waals surface area contributed by atoms with Gasteiger partial charge in [-0.25, -0.2) is 18.6 Å². The number of carbonyl (C=O) groups excluding carboxylic acids is 2. The van der Waals surface area contributed by atoms with Crippen LogP contribution in [0.1, 0.15) is 19.3 Å². The molecule has 2 saturated heterocycles. The minimum absolute atomic E-state index is 0.108. The molecule has 8 nitrogen and oxygen atoms in total. The first-order valence-electron chi connectivity index (χ1n) is 10.7. The van der Waals surface area contributed by atoms with Crippen LogP contribution in [0.15, 0.2) is 36.8 Å². The molecule has 2 aromatic rings.